The Labute approximate surface area is 217 Å². The molecule has 1 aromatic heterocycles. The smallest absolute Gasteiger partial charge is 0.412 e. The van der Waals surface area contributed by atoms with Crippen molar-refractivity contribution in [3.8, 4) is 11.3 Å². The lowest BCUT2D eigenvalue weighted by atomic mass is 10.1. The van der Waals surface area contributed by atoms with Gasteiger partial charge in [-0.3, -0.25) is 5.32 Å². The summed E-state index contributed by atoms with van der Waals surface area (Å²) in [6, 6.07) is 11.0. The van der Waals surface area contributed by atoms with Gasteiger partial charge in [-0.1, -0.05) is 28.9 Å². The monoisotopic (exact) mass is 536 g/mol. The van der Waals surface area contributed by atoms with E-state index in [9.17, 15) is 18.4 Å². The normalized spacial score (nSPS) is 11.6. The molecular formula is C25H27ClF2N4O5. The number of carbonyl (C=O) groups is 2. The molecule has 3 N–H and O–H groups in total. The first-order valence-electron chi connectivity index (χ1n) is 11.5. The Kier molecular flexibility index (Phi) is 10.2. The van der Waals surface area contributed by atoms with E-state index in [1.807, 2.05) is 0 Å². The molecule has 0 aliphatic carbocycles. The van der Waals surface area contributed by atoms with Gasteiger partial charge in [0.2, 0.25) is 0 Å². The van der Waals surface area contributed by atoms with Crippen LogP contribution in [0.4, 0.5) is 24.2 Å². The van der Waals surface area contributed by atoms with Crippen molar-refractivity contribution < 1.29 is 32.7 Å². The molecule has 0 aliphatic rings. The van der Waals surface area contributed by atoms with Gasteiger partial charge in [-0.15, -0.1) is 0 Å². The fourth-order valence-corrected chi connectivity index (χ4v) is 3.55. The SMILES string of the molecule is CN(C(=O)NCc1cccc(F)c1F)[C@@H](CCCCO)COC(=O)Nc1cc(-c2ccc(Cl)cc2)on1. The van der Waals surface area contributed by atoms with E-state index in [0.29, 0.717) is 35.6 Å². The molecular weight excluding hydrogens is 510 g/mol. The largest absolute Gasteiger partial charge is 0.447 e. The van der Waals surface area contributed by atoms with Gasteiger partial charge in [0.1, 0.15) is 6.61 Å². The van der Waals surface area contributed by atoms with Crippen LogP contribution in [0.1, 0.15) is 24.8 Å². The minimum atomic E-state index is -1.03. The van der Waals surface area contributed by atoms with Crippen LogP contribution < -0.4 is 10.6 Å². The molecule has 198 valence electrons. The number of hydrogen-bond acceptors (Lipinski definition) is 6. The van der Waals surface area contributed by atoms with Crippen LogP contribution in [0.5, 0.6) is 0 Å². The summed E-state index contributed by atoms with van der Waals surface area (Å²) in [7, 11) is 1.50. The van der Waals surface area contributed by atoms with Gasteiger partial charge in [0.25, 0.3) is 0 Å². The van der Waals surface area contributed by atoms with E-state index in [-0.39, 0.29) is 31.1 Å². The lowest BCUT2D eigenvalue weighted by molar-refractivity contribution is 0.112. The van der Waals surface area contributed by atoms with Crippen LogP contribution in [-0.2, 0) is 11.3 Å². The lowest BCUT2D eigenvalue weighted by Crippen LogP contribution is -2.46. The average molecular weight is 537 g/mol. The van der Waals surface area contributed by atoms with Crippen molar-refractivity contribution in [3.63, 3.8) is 0 Å². The zero-order valence-corrected chi connectivity index (χ0v) is 20.8. The van der Waals surface area contributed by atoms with Crippen molar-refractivity contribution in [2.75, 3.05) is 25.6 Å². The summed E-state index contributed by atoms with van der Waals surface area (Å²) in [5.41, 5.74) is 0.716. The summed E-state index contributed by atoms with van der Waals surface area (Å²) in [6.45, 7) is -0.401. The maximum atomic E-state index is 13.9. The molecule has 3 aromatic rings. The number of halogens is 3. The number of rotatable bonds is 11. The van der Waals surface area contributed by atoms with Crippen molar-refractivity contribution in [1.29, 1.82) is 0 Å². The minimum Gasteiger partial charge on any atom is -0.447 e. The maximum absolute atomic E-state index is 13.9. The fourth-order valence-electron chi connectivity index (χ4n) is 3.42. The van der Waals surface area contributed by atoms with Crippen LogP contribution in [0.2, 0.25) is 5.02 Å². The second kappa shape index (κ2) is 13.6. The Morgan fingerprint density at radius 2 is 1.95 bits per heavy atom. The highest BCUT2D eigenvalue weighted by Crippen LogP contribution is 2.24. The highest BCUT2D eigenvalue weighted by molar-refractivity contribution is 6.30. The van der Waals surface area contributed by atoms with Crippen LogP contribution in [0.25, 0.3) is 11.3 Å². The van der Waals surface area contributed by atoms with E-state index in [4.69, 9.17) is 26.0 Å². The van der Waals surface area contributed by atoms with E-state index in [2.05, 4.69) is 15.8 Å². The van der Waals surface area contributed by atoms with Crippen LogP contribution >= 0.6 is 11.6 Å². The third-order valence-electron chi connectivity index (χ3n) is 5.55. The second-order valence-corrected chi connectivity index (χ2v) is 8.60. The number of aliphatic hydroxyl groups is 1. The Balaban J connectivity index is 1.55. The molecule has 1 heterocycles. The number of nitrogens with one attached hydrogen (secondary N) is 2. The molecule has 0 saturated carbocycles. The predicted molar refractivity (Wildman–Crippen MR) is 133 cm³/mol. The van der Waals surface area contributed by atoms with Crippen molar-refractivity contribution in [2.24, 2.45) is 0 Å². The van der Waals surface area contributed by atoms with Crippen LogP contribution in [-0.4, -0.2) is 53.6 Å². The predicted octanol–water partition coefficient (Wildman–Crippen LogP) is 5.19. The first kappa shape index (κ1) is 27.9. The zero-order valence-electron chi connectivity index (χ0n) is 20.0. The van der Waals surface area contributed by atoms with Crippen molar-refractivity contribution in [1.82, 2.24) is 15.4 Å². The molecule has 0 aliphatic heterocycles. The molecule has 0 bridgehead atoms. The van der Waals surface area contributed by atoms with Crippen LogP contribution in [0, 0.1) is 11.6 Å². The van der Waals surface area contributed by atoms with E-state index >= 15 is 0 Å². The number of ether oxygens (including phenoxy) is 1. The molecule has 9 nitrogen and oxygen atoms in total. The van der Waals surface area contributed by atoms with E-state index in [1.165, 1.54) is 30.1 Å². The molecule has 0 radical (unpaired) electrons. The molecule has 12 heteroatoms. The molecule has 0 saturated heterocycles. The van der Waals surface area contributed by atoms with Gasteiger partial charge >= 0.3 is 12.1 Å². The number of unbranched alkanes of at least 4 members (excludes halogenated alkanes) is 1. The van der Waals surface area contributed by atoms with Gasteiger partial charge < -0.3 is 24.6 Å². The fraction of sp³-hybridized carbons (Fsp3) is 0.320. The third-order valence-corrected chi connectivity index (χ3v) is 5.80. The van der Waals surface area contributed by atoms with Crippen molar-refractivity contribution in [2.45, 2.75) is 31.8 Å². The highest BCUT2D eigenvalue weighted by atomic mass is 35.5. The van der Waals surface area contributed by atoms with Crippen LogP contribution in [0.15, 0.2) is 53.1 Å². The second-order valence-electron chi connectivity index (χ2n) is 8.16. The Hall–Kier alpha value is -3.70. The zero-order chi connectivity index (χ0) is 26.8. The number of aliphatic hydroxyl groups excluding tert-OH is 1. The summed E-state index contributed by atoms with van der Waals surface area (Å²) < 4.78 is 37.8. The molecule has 2 aromatic carbocycles. The summed E-state index contributed by atoms with van der Waals surface area (Å²) in [5.74, 6) is -1.49. The highest BCUT2D eigenvalue weighted by Gasteiger charge is 2.22. The van der Waals surface area contributed by atoms with Gasteiger partial charge in [0.15, 0.2) is 23.2 Å². The first-order valence-corrected chi connectivity index (χ1v) is 11.9. The van der Waals surface area contributed by atoms with E-state index in [1.54, 1.807) is 24.3 Å². The Morgan fingerprint density at radius 1 is 1.19 bits per heavy atom. The molecule has 3 rings (SSSR count). The number of urea groups is 1. The van der Waals surface area contributed by atoms with Gasteiger partial charge in [-0.05, 0) is 49.6 Å². The molecule has 0 unspecified atom stereocenters. The number of carbonyl (C=O) groups excluding carboxylic acids is 2. The Bertz CT molecular complexity index is 1190. The lowest BCUT2D eigenvalue weighted by Gasteiger charge is -2.28. The summed E-state index contributed by atoms with van der Waals surface area (Å²) in [4.78, 5) is 26.3. The number of aromatic nitrogens is 1. The van der Waals surface area contributed by atoms with Crippen molar-refractivity contribution in [3.05, 3.63) is 70.8 Å². The van der Waals surface area contributed by atoms with Crippen molar-refractivity contribution >= 4 is 29.5 Å². The molecule has 1 atom stereocenters. The standard InChI is InChI=1S/C25H27ClF2N4O5/c1-32(24(34)29-14-17-5-4-7-20(27)23(17)28)19(6-2-3-12-33)15-36-25(35)30-22-13-21(37-31-22)16-8-10-18(26)11-9-16/h4-5,7-11,13,19,33H,2-3,6,12,14-15H2,1H3,(H,29,34)(H,30,31,35)/t19-/m0/s1. The summed E-state index contributed by atoms with van der Waals surface area (Å²) in [5, 5.41) is 18.4. The van der Waals surface area contributed by atoms with Gasteiger partial charge in [0, 0.05) is 42.4 Å². The third kappa shape index (κ3) is 8.16. The molecule has 0 fully saturated rings. The number of hydrogen-bond donors (Lipinski definition) is 3. The van der Waals surface area contributed by atoms with Gasteiger partial charge in [-0.25, -0.2) is 18.4 Å². The maximum Gasteiger partial charge on any atom is 0.412 e. The molecule has 37 heavy (non-hydrogen) atoms. The number of amides is 3. The molecule has 3 amide bonds. The van der Waals surface area contributed by atoms with Gasteiger partial charge in [0.05, 0.1) is 6.04 Å². The number of benzene rings is 2. The quantitative estimate of drug-likeness (QED) is 0.290. The minimum absolute atomic E-state index is 0.000195. The number of likely N-dealkylation sites (N-methyl/N-ethyl adjacent to an activating group) is 1. The average Bonchev–Trinajstić information content (AvgIpc) is 3.35. The number of anilines is 1. The van der Waals surface area contributed by atoms with E-state index in [0.717, 1.165) is 6.07 Å². The summed E-state index contributed by atoms with van der Waals surface area (Å²) >= 11 is 5.88. The van der Waals surface area contributed by atoms with Gasteiger partial charge in [-0.2, -0.15) is 0 Å². The topological polar surface area (TPSA) is 117 Å². The number of nitrogens with zero attached hydrogens (tertiary/aromatic N) is 2. The Morgan fingerprint density at radius 3 is 2.68 bits per heavy atom. The first-order chi connectivity index (χ1) is 17.8. The van der Waals surface area contributed by atoms with Crippen LogP contribution in [0.3, 0.4) is 0 Å². The summed E-state index contributed by atoms with van der Waals surface area (Å²) in [6.07, 6.45) is 0.685. The van der Waals surface area contributed by atoms with E-state index < -0.39 is 29.8 Å². The molecule has 0 spiro atoms.